The summed E-state index contributed by atoms with van der Waals surface area (Å²) in [6.45, 7) is 0.249. The fraction of sp³-hybridized carbons (Fsp3) is 0.364. The number of ether oxygens (including phenoxy) is 1. The maximum atomic E-state index is 13.0. The summed E-state index contributed by atoms with van der Waals surface area (Å²) in [6, 6.07) is 15.0. The highest BCUT2D eigenvalue weighted by Gasteiger charge is 2.46. The third-order valence-corrected chi connectivity index (χ3v) is 5.70. The highest BCUT2D eigenvalue weighted by molar-refractivity contribution is 5.99. The van der Waals surface area contributed by atoms with Gasteiger partial charge in [-0.1, -0.05) is 30.3 Å². The van der Waals surface area contributed by atoms with E-state index in [0.29, 0.717) is 18.4 Å². The number of hydrogen-bond donors (Lipinski definition) is 0. The fourth-order valence-corrected chi connectivity index (χ4v) is 4.40. The van der Waals surface area contributed by atoms with Gasteiger partial charge in [0.2, 0.25) is 0 Å². The molecule has 4 rings (SSSR count). The molecular formula is C22H21N3O3. The Balaban J connectivity index is 1.42. The zero-order valence-electron chi connectivity index (χ0n) is 15.5. The topological polar surface area (TPSA) is 83.3 Å². The summed E-state index contributed by atoms with van der Waals surface area (Å²) < 4.78 is 5.51. The van der Waals surface area contributed by atoms with Crippen molar-refractivity contribution in [3.8, 4) is 6.07 Å². The van der Waals surface area contributed by atoms with Crippen LogP contribution in [0.15, 0.2) is 48.7 Å². The van der Waals surface area contributed by atoms with Crippen molar-refractivity contribution in [2.45, 2.75) is 44.4 Å². The molecule has 2 aliphatic heterocycles. The molecule has 0 saturated carbocycles. The number of nitrogens with zero attached hydrogens (tertiary/aromatic N) is 3. The number of carbonyl (C=O) groups is 2. The average molecular weight is 375 g/mol. The number of aromatic nitrogens is 1. The Morgan fingerprint density at radius 2 is 1.82 bits per heavy atom. The van der Waals surface area contributed by atoms with Gasteiger partial charge in [-0.05, 0) is 43.4 Å². The van der Waals surface area contributed by atoms with Crippen molar-refractivity contribution in [3.63, 3.8) is 0 Å². The van der Waals surface area contributed by atoms with Crippen molar-refractivity contribution in [2.75, 3.05) is 0 Å². The molecule has 0 spiro atoms. The van der Waals surface area contributed by atoms with Crippen LogP contribution in [0.1, 0.15) is 47.3 Å². The van der Waals surface area contributed by atoms with Crippen LogP contribution in [0.25, 0.3) is 0 Å². The van der Waals surface area contributed by atoms with E-state index in [9.17, 15) is 14.9 Å². The van der Waals surface area contributed by atoms with E-state index in [1.165, 1.54) is 6.20 Å². The molecular weight excluding hydrogens is 354 g/mol. The third-order valence-electron chi connectivity index (χ3n) is 5.70. The van der Waals surface area contributed by atoms with Crippen LogP contribution in [0.3, 0.4) is 0 Å². The zero-order chi connectivity index (χ0) is 19.5. The van der Waals surface area contributed by atoms with E-state index in [1.807, 2.05) is 41.3 Å². The number of rotatable bonds is 4. The number of fused-ring (bicyclic) bond motifs is 2. The molecule has 0 radical (unpaired) electrons. The molecule has 1 aromatic carbocycles. The summed E-state index contributed by atoms with van der Waals surface area (Å²) >= 11 is 0. The molecule has 28 heavy (non-hydrogen) atoms. The monoisotopic (exact) mass is 375 g/mol. The highest BCUT2D eigenvalue weighted by atomic mass is 16.6. The summed E-state index contributed by atoms with van der Waals surface area (Å²) in [7, 11) is 0. The van der Waals surface area contributed by atoms with Crippen molar-refractivity contribution < 1.29 is 14.3 Å². The lowest BCUT2D eigenvalue weighted by Gasteiger charge is -2.37. The highest BCUT2D eigenvalue weighted by Crippen LogP contribution is 2.40. The number of Topliss-reactive ketones (excluding diaryl/α,β-unsaturated/α-hetero) is 1. The minimum atomic E-state index is -0.304. The molecule has 2 fully saturated rings. The van der Waals surface area contributed by atoms with E-state index in [0.717, 1.165) is 18.4 Å². The van der Waals surface area contributed by atoms with Gasteiger partial charge in [-0.3, -0.25) is 4.79 Å². The maximum absolute atomic E-state index is 13.0. The molecule has 1 aromatic heterocycles. The smallest absolute Gasteiger partial charge is 0.410 e. The SMILES string of the molecule is N#Cc1ncccc1C(=O)C1CC2CCC(C1)N2C(=O)OCc1ccccc1. The van der Waals surface area contributed by atoms with E-state index >= 15 is 0 Å². The molecule has 2 unspecified atom stereocenters. The van der Waals surface area contributed by atoms with Gasteiger partial charge in [0.25, 0.3) is 0 Å². The summed E-state index contributed by atoms with van der Waals surface area (Å²) in [4.78, 5) is 31.4. The number of pyridine rings is 1. The van der Waals surface area contributed by atoms with Crippen LogP contribution in [0.5, 0.6) is 0 Å². The molecule has 2 bridgehead atoms. The van der Waals surface area contributed by atoms with Crippen molar-refractivity contribution in [1.82, 2.24) is 9.88 Å². The lowest BCUT2D eigenvalue weighted by Crippen LogP contribution is -2.48. The van der Waals surface area contributed by atoms with Crippen molar-refractivity contribution in [1.29, 1.82) is 5.26 Å². The van der Waals surface area contributed by atoms with Gasteiger partial charge < -0.3 is 9.64 Å². The Morgan fingerprint density at radius 1 is 1.11 bits per heavy atom. The minimum Gasteiger partial charge on any atom is -0.445 e. The van der Waals surface area contributed by atoms with Gasteiger partial charge >= 0.3 is 6.09 Å². The van der Waals surface area contributed by atoms with Gasteiger partial charge in [0.15, 0.2) is 11.5 Å². The number of ketones is 1. The van der Waals surface area contributed by atoms with Crippen LogP contribution in [0.4, 0.5) is 4.79 Å². The van der Waals surface area contributed by atoms with E-state index in [4.69, 9.17) is 4.74 Å². The van der Waals surface area contributed by atoms with Crippen LogP contribution < -0.4 is 0 Å². The van der Waals surface area contributed by atoms with Gasteiger partial charge in [0.1, 0.15) is 12.7 Å². The van der Waals surface area contributed by atoms with Gasteiger partial charge in [-0.25, -0.2) is 9.78 Å². The summed E-state index contributed by atoms with van der Waals surface area (Å²) in [6.07, 6.45) is 4.19. The first-order valence-corrected chi connectivity index (χ1v) is 9.55. The van der Waals surface area contributed by atoms with E-state index in [1.54, 1.807) is 12.1 Å². The Hall–Kier alpha value is -3.20. The van der Waals surface area contributed by atoms with Crippen molar-refractivity contribution in [2.24, 2.45) is 5.92 Å². The van der Waals surface area contributed by atoms with Crippen molar-refractivity contribution in [3.05, 3.63) is 65.5 Å². The number of carbonyl (C=O) groups excluding carboxylic acids is 2. The molecule has 0 aliphatic carbocycles. The number of amides is 1. The second kappa shape index (κ2) is 7.81. The maximum Gasteiger partial charge on any atom is 0.410 e. The summed E-state index contributed by atoms with van der Waals surface area (Å²) in [5, 5.41) is 9.22. The molecule has 142 valence electrons. The van der Waals surface area contributed by atoms with E-state index in [2.05, 4.69) is 4.98 Å². The molecule has 2 saturated heterocycles. The second-order valence-corrected chi connectivity index (χ2v) is 7.38. The van der Waals surface area contributed by atoms with Crippen LogP contribution in [-0.2, 0) is 11.3 Å². The molecule has 0 N–H and O–H groups in total. The predicted octanol–water partition coefficient (Wildman–Crippen LogP) is 3.72. The van der Waals surface area contributed by atoms with Gasteiger partial charge in [0, 0.05) is 24.2 Å². The van der Waals surface area contributed by atoms with E-state index in [-0.39, 0.29) is 42.2 Å². The lowest BCUT2D eigenvalue weighted by atomic mass is 9.84. The summed E-state index contributed by atoms with van der Waals surface area (Å²) in [5.41, 5.74) is 1.51. The van der Waals surface area contributed by atoms with Crippen molar-refractivity contribution >= 4 is 11.9 Å². The lowest BCUT2D eigenvalue weighted by molar-refractivity contribution is 0.0485. The first kappa shape index (κ1) is 18.2. The Kier molecular flexibility index (Phi) is 5.07. The zero-order valence-corrected chi connectivity index (χ0v) is 15.5. The first-order valence-electron chi connectivity index (χ1n) is 9.55. The molecule has 2 aliphatic rings. The first-order chi connectivity index (χ1) is 13.7. The van der Waals surface area contributed by atoms with Crippen LogP contribution in [0.2, 0.25) is 0 Å². The average Bonchev–Trinajstić information content (AvgIpc) is 3.01. The second-order valence-electron chi connectivity index (χ2n) is 7.38. The standard InChI is InChI=1S/C22H21N3O3/c23-13-20-19(7-4-10-24-20)21(26)16-11-17-8-9-18(12-16)25(17)22(27)28-14-15-5-2-1-3-6-15/h1-7,10,16-18H,8-9,11-12,14H2. The van der Waals surface area contributed by atoms with E-state index < -0.39 is 0 Å². The number of piperidine rings is 1. The van der Waals surface area contributed by atoms with Gasteiger partial charge in [-0.15, -0.1) is 0 Å². The number of benzene rings is 1. The molecule has 2 aromatic rings. The third kappa shape index (κ3) is 3.48. The fourth-order valence-electron chi connectivity index (χ4n) is 4.40. The Labute approximate surface area is 163 Å². The quantitative estimate of drug-likeness (QED) is 0.761. The molecule has 1 amide bonds. The molecule has 6 heteroatoms. The molecule has 2 atom stereocenters. The Bertz CT molecular complexity index is 908. The van der Waals surface area contributed by atoms with Crippen LogP contribution >= 0.6 is 0 Å². The largest absolute Gasteiger partial charge is 0.445 e. The number of nitriles is 1. The minimum absolute atomic E-state index is 0.0122. The molecule has 6 nitrogen and oxygen atoms in total. The Morgan fingerprint density at radius 3 is 2.50 bits per heavy atom. The van der Waals surface area contributed by atoms with Crippen LogP contribution in [0, 0.1) is 17.2 Å². The van der Waals surface area contributed by atoms with Gasteiger partial charge in [0.05, 0.1) is 5.56 Å². The molecule has 3 heterocycles. The normalized spacial score (nSPS) is 23.1. The van der Waals surface area contributed by atoms with Crippen LogP contribution in [-0.4, -0.2) is 33.8 Å². The summed E-state index contributed by atoms with van der Waals surface area (Å²) in [5.74, 6) is -0.231. The van der Waals surface area contributed by atoms with Gasteiger partial charge in [-0.2, -0.15) is 5.26 Å². The number of hydrogen-bond acceptors (Lipinski definition) is 5. The predicted molar refractivity (Wildman–Crippen MR) is 101 cm³/mol.